The maximum atomic E-state index is 12.6. The number of nitrogens with one attached hydrogen (secondary N) is 1. The van der Waals surface area contributed by atoms with Gasteiger partial charge < -0.3 is 15.3 Å². The Bertz CT molecular complexity index is 693. The van der Waals surface area contributed by atoms with Crippen LogP contribution in [0.5, 0.6) is 0 Å². The minimum Gasteiger partial charge on any atom is -0.391 e. The summed E-state index contributed by atoms with van der Waals surface area (Å²) in [7, 11) is 0. The summed E-state index contributed by atoms with van der Waals surface area (Å²) < 4.78 is 37.8. The highest BCUT2D eigenvalue weighted by atomic mass is 19.4. The number of fused-ring (bicyclic) bond motifs is 1. The van der Waals surface area contributed by atoms with Gasteiger partial charge in [-0.25, -0.2) is 0 Å². The molecule has 1 aromatic rings. The molecule has 2 fully saturated rings. The summed E-state index contributed by atoms with van der Waals surface area (Å²) >= 11 is 0. The summed E-state index contributed by atoms with van der Waals surface area (Å²) in [6.07, 6.45) is -3.46. The Morgan fingerprint density at radius 2 is 1.88 bits per heavy atom. The van der Waals surface area contributed by atoms with Crippen LogP contribution in [-0.2, 0) is 11.0 Å². The number of nitrogens with zero attached hydrogens (tertiary/aromatic N) is 2. The molecule has 1 aliphatic carbocycles. The van der Waals surface area contributed by atoms with Crippen molar-refractivity contribution in [3.8, 4) is 0 Å². The third-order valence-corrected chi connectivity index (χ3v) is 5.13. The average molecular weight is 371 g/mol. The van der Waals surface area contributed by atoms with Crippen molar-refractivity contribution in [1.29, 1.82) is 0 Å². The number of hydrogen-bond donors (Lipinski definition) is 2. The molecule has 2 aliphatic rings. The van der Waals surface area contributed by atoms with Crippen molar-refractivity contribution in [2.24, 2.45) is 11.8 Å². The standard InChI is InChI=1S/C17H20F3N3O3/c1-9(24)22-14-4-10-7-23(8-11(10)5-15(14)25)16(26)13-3-2-12(6-21-13)17(18,19)20/h2-3,6,10-11,14-15,25H,4-5,7-8H2,1H3,(H,22,24)/t10-,11+,14-,15-/m1/s1. The molecule has 0 unspecified atom stereocenters. The molecule has 0 aromatic carbocycles. The molecular formula is C17H20F3N3O3. The fraction of sp³-hybridized carbons (Fsp3) is 0.588. The van der Waals surface area contributed by atoms with Crippen molar-refractivity contribution in [3.05, 3.63) is 29.6 Å². The minimum absolute atomic E-state index is 0.0318. The molecule has 1 aromatic heterocycles. The van der Waals surface area contributed by atoms with Crippen molar-refractivity contribution in [2.75, 3.05) is 13.1 Å². The van der Waals surface area contributed by atoms with E-state index in [0.717, 1.165) is 12.1 Å². The van der Waals surface area contributed by atoms with E-state index < -0.39 is 23.8 Å². The van der Waals surface area contributed by atoms with Crippen LogP contribution in [0.15, 0.2) is 18.3 Å². The van der Waals surface area contributed by atoms with E-state index in [4.69, 9.17) is 0 Å². The largest absolute Gasteiger partial charge is 0.417 e. The van der Waals surface area contributed by atoms with Crippen molar-refractivity contribution in [1.82, 2.24) is 15.2 Å². The number of rotatable bonds is 2. The van der Waals surface area contributed by atoms with Gasteiger partial charge in [-0.2, -0.15) is 13.2 Å². The first kappa shape index (κ1) is 18.6. The maximum Gasteiger partial charge on any atom is 0.417 e. The first-order chi connectivity index (χ1) is 12.1. The van der Waals surface area contributed by atoms with Crippen LogP contribution in [0.2, 0.25) is 0 Å². The Morgan fingerprint density at radius 1 is 1.23 bits per heavy atom. The summed E-state index contributed by atoms with van der Waals surface area (Å²) in [4.78, 5) is 29.0. The van der Waals surface area contributed by atoms with Gasteiger partial charge in [0.2, 0.25) is 5.91 Å². The second-order valence-corrected chi connectivity index (χ2v) is 7.01. The van der Waals surface area contributed by atoms with Gasteiger partial charge in [0.25, 0.3) is 5.91 Å². The number of carbonyl (C=O) groups is 2. The van der Waals surface area contributed by atoms with Crippen LogP contribution in [0, 0.1) is 11.8 Å². The third kappa shape index (κ3) is 3.82. The highest BCUT2D eigenvalue weighted by Crippen LogP contribution is 2.37. The van der Waals surface area contributed by atoms with Crippen LogP contribution in [0.1, 0.15) is 35.8 Å². The quantitative estimate of drug-likeness (QED) is 0.824. The highest BCUT2D eigenvalue weighted by Gasteiger charge is 2.43. The number of alkyl halides is 3. The molecule has 9 heteroatoms. The smallest absolute Gasteiger partial charge is 0.391 e. The highest BCUT2D eigenvalue weighted by molar-refractivity contribution is 5.92. The lowest BCUT2D eigenvalue weighted by Gasteiger charge is -2.35. The van der Waals surface area contributed by atoms with E-state index in [1.807, 2.05) is 0 Å². The maximum absolute atomic E-state index is 12.6. The predicted molar refractivity (Wildman–Crippen MR) is 85.0 cm³/mol. The van der Waals surface area contributed by atoms with Gasteiger partial charge in [0.15, 0.2) is 0 Å². The monoisotopic (exact) mass is 371 g/mol. The van der Waals surface area contributed by atoms with Crippen LogP contribution in [0.4, 0.5) is 13.2 Å². The summed E-state index contributed by atoms with van der Waals surface area (Å²) in [5.41, 5.74) is -0.930. The van der Waals surface area contributed by atoms with E-state index in [9.17, 15) is 27.9 Å². The second kappa shape index (κ2) is 6.86. The fourth-order valence-electron chi connectivity index (χ4n) is 3.86. The summed E-state index contributed by atoms with van der Waals surface area (Å²) in [6.45, 7) is 2.25. The summed E-state index contributed by atoms with van der Waals surface area (Å²) in [5, 5.41) is 12.9. The first-order valence-electron chi connectivity index (χ1n) is 8.43. The fourth-order valence-corrected chi connectivity index (χ4v) is 3.86. The molecule has 0 radical (unpaired) electrons. The molecule has 2 amide bonds. The molecule has 1 saturated heterocycles. The van der Waals surface area contributed by atoms with Gasteiger partial charge in [0, 0.05) is 26.2 Å². The number of aliphatic hydroxyl groups is 1. The van der Waals surface area contributed by atoms with Crippen molar-refractivity contribution in [2.45, 2.75) is 38.1 Å². The molecule has 0 bridgehead atoms. The molecule has 6 nitrogen and oxygen atoms in total. The molecule has 0 spiro atoms. The second-order valence-electron chi connectivity index (χ2n) is 7.01. The molecule has 4 atom stereocenters. The predicted octanol–water partition coefficient (Wildman–Crippen LogP) is 1.45. The lowest BCUT2D eigenvalue weighted by Crippen LogP contribution is -2.48. The Labute approximate surface area is 148 Å². The van der Waals surface area contributed by atoms with Gasteiger partial charge in [-0.15, -0.1) is 0 Å². The van der Waals surface area contributed by atoms with Gasteiger partial charge >= 0.3 is 6.18 Å². The molecule has 1 saturated carbocycles. The van der Waals surface area contributed by atoms with Gasteiger partial charge in [-0.1, -0.05) is 0 Å². The Kier molecular flexibility index (Phi) is 4.92. The normalized spacial score (nSPS) is 28.6. The van der Waals surface area contributed by atoms with Crippen LogP contribution >= 0.6 is 0 Å². The number of hydrogen-bond acceptors (Lipinski definition) is 4. The van der Waals surface area contributed by atoms with E-state index in [2.05, 4.69) is 10.3 Å². The first-order valence-corrected chi connectivity index (χ1v) is 8.43. The summed E-state index contributed by atoms with van der Waals surface area (Å²) in [5.74, 6) is -0.395. The van der Waals surface area contributed by atoms with E-state index in [-0.39, 0.29) is 29.5 Å². The Morgan fingerprint density at radius 3 is 2.42 bits per heavy atom. The lowest BCUT2D eigenvalue weighted by molar-refractivity contribution is -0.137. The topological polar surface area (TPSA) is 82.5 Å². The van der Waals surface area contributed by atoms with E-state index >= 15 is 0 Å². The molecule has 26 heavy (non-hydrogen) atoms. The number of pyridine rings is 1. The van der Waals surface area contributed by atoms with Crippen LogP contribution in [-0.4, -0.2) is 52.0 Å². The zero-order valence-electron chi connectivity index (χ0n) is 14.2. The molecule has 142 valence electrons. The van der Waals surface area contributed by atoms with Crippen LogP contribution < -0.4 is 5.32 Å². The van der Waals surface area contributed by atoms with Gasteiger partial charge in [0.05, 0.1) is 17.7 Å². The van der Waals surface area contributed by atoms with Crippen molar-refractivity contribution < 1.29 is 27.9 Å². The Balaban J connectivity index is 1.67. The molecular weight excluding hydrogens is 351 g/mol. The van der Waals surface area contributed by atoms with E-state index in [1.54, 1.807) is 4.90 Å². The third-order valence-electron chi connectivity index (χ3n) is 5.13. The molecule has 1 aliphatic heterocycles. The SMILES string of the molecule is CC(=O)N[C@@H]1C[C@@H]2CN(C(=O)c3ccc(C(F)(F)F)cn3)C[C@@H]2C[C@H]1O. The van der Waals surface area contributed by atoms with Gasteiger partial charge in [-0.05, 0) is 36.8 Å². The van der Waals surface area contributed by atoms with Gasteiger partial charge in [-0.3, -0.25) is 14.6 Å². The van der Waals surface area contributed by atoms with E-state index in [1.165, 1.54) is 6.92 Å². The van der Waals surface area contributed by atoms with E-state index in [0.29, 0.717) is 32.1 Å². The zero-order valence-corrected chi connectivity index (χ0v) is 14.2. The molecule has 3 rings (SSSR count). The number of aliphatic hydroxyl groups excluding tert-OH is 1. The molecule has 2 N–H and O–H groups in total. The van der Waals surface area contributed by atoms with Crippen molar-refractivity contribution in [3.63, 3.8) is 0 Å². The zero-order chi connectivity index (χ0) is 19.1. The molecule has 2 heterocycles. The summed E-state index contributed by atoms with van der Waals surface area (Å²) in [6, 6.07) is 1.59. The number of aromatic nitrogens is 1. The van der Waals surface area contributed by atoms with Crippen LogP contribution in [0.25, 0.3) is 0 Å². The van der Waals surface area contributed by atoms with Crippen LogP contribution in [0.3, 0.4) is 0 Å². The lowest BCUT2D eigenvalue weighted by atomic mass is 9.77. The number of carbonyl (C=O) groups excluding carboxylic acids is 2. The number of likely N-dealkylation sites (tertiary alicyclic amines) is 1. The number of halogens is 3. The Hall–Kier alpha value is -2.16. The van der Waals surface area contributed by atoms with Crippen molar-refractivity contribution >= 4 is 11.8 Å². The minimum atomic E-state index is -4.49. The van der Waals surface area contributed by atoms with Gasteiger partial charge in [0.1, 0.15) is 5.69 Å². The average Bonchev–Trinajstić information content (AvgIpc) is 2.96. The number of amides is 2.